The van der Waals surface area contributed by atoms with Crippen LogP contribution >= 0.6 is 0 Å². The maximum atomic E-state index is 5.94. The number of hydrogen-bond acceptors (Lipinski definition) is 3. The Bertz CT molecular complexity index is 259. The molecular weight excluding hydrogens is 202 g/mol. The summed E-state index contributed by atoms with van der Waals surface area (Å²) in [5, 5.41) is 3.73. The maximum Gasteiger partial charge on any atom is 0.0697 e. The third-order valence-electron chi connectivity index (χ3n) is 4.48. The lowest BCUT2D eigenvalue weighted by atomic mass is 9.73. The van der Waals surface area contributed by atoms with Gasteiger partial charge in [-0.15, -0.1) is 0 Å². The minimum Gasteiger partial charge on any atom is -0.380 e. The Morgan fingerprint density at radius 3 is 2.69 bits per heavy atom. The van der Waals surface area contributed by atoms with Gasteiger partial charge in [0.15, 0.2) is 0 Å². The van der Waals surface area contributed by atoms with E-state index in [4.69, 9.17) is 9.47 Å². The van der Waals surface area contributed by atoms with Crippen molar-refractivity contribution >= 4 is 0 Å². The Hall–Kier alpha value is -0.120. The Kier molecular flexibility index (Phi) is 2.73. The average Bonchev–Trinajstić information content (AvgIpc) is 2.22. The van der Waals surface area contributed by atoms with Gasteiger partial charge in [-0.2, -0.15) is 0 Å². The summed E-state index contributed by atoms with van der Waals surface area (Å²) in [6.45, 7) is 6.21. The first-order valence-electron chi connectivity index (χ1n) is 6.65. The van der Waals surface area contributed by atoms with Gasteiger partial charge in [0.25, 0.3) is 0 Å². The molecule has 1 unspecified atom stereocenters. The van der Waals surface area contributed by atoms with Crippen molar-refractivity contribution in [2.24, 2.45) is 5.41 Å². The first-order valence-corrected chi connectivity index (χ1v) is 6.65. The highest BCUT2D eigenvalue weighted by atomic mass is 16.5. The van der Waals surface area contributed by atoms with E-state index >= 15 is 0 Å². The van der Waals surface area contributed by atoms with Crippen LogP contribution in [0.1, 0.15) is 39.0 Å². The molecular formula is C13H23NO2. The van der Waals surface area contributed by atoms with Crippen molar-refractivity contribution in [2.75, 3.05) is 26.4 Å². The highest BCUT2D eigenvalue weighted by Crippen LogP contribution is 2.42. The number of hydrogen-bond donors (Lipinski definition) is 1. The number of ether oxygens (including phenoxy) is 2. The fraction of sp³-hybridized carbons (Fsp3) is 1.00. The normalized spacial score (nSPS) is 35.4. The quantitative estimate of drug-likeness (QED) is 0.793. The van der Waals surface area contributed by atoms with E-state index in [0.29, 0.717) is 11.5 Å². The van der Waals surface area contributed by atoms with Crippen molar-refractivity contribution in [3.05, 3.63) is 0 Å². The zero-order valence-corrected chi connectivity index (χ0v) is 10.3. The molecule has 2 aliphatic heterocycles. The fourth-order valence-electron chi connectivity index (χ4n) is 3.06. The topological polar surface area (TPSA) is 30.5 Å². The Morgan fingerprint density at radius 1 is 1.31 bits per heavy atom. The molecule has 0 bridgehead atoms. The summed E-state index contributed by atoms with van der Waals surface area (Å²) in [5.74, 6) is 0. The number of rotatable bonds is 3. The molecule has 2 heterocycles. The Labute approximate surface area is 97.9 Å². The summed E-state index contributed by atoms with van der Waals surface area (Å²) in [6.07, 6.45) is 6.33. The minimum atomic E-state index is 0.271. The highest BCUT2D eigenvalue weighted by molar-refractivity contribution is 4.96. The SMILES string of the molecule is CC1(CNC2CCOC3(CCC3)C2)COC1. The van der Waals surface area contributed by atoms with Crippen molar-refractivity contribution in [2.45, 2.75) is 50.7 Å². The largest absolute Gasteiger partial charge is 0.380 e. The molecule has 0 aromatic carbocycles. The zero-order chi connectivity index (χ0) is 11.1. The van der Waals surface area contributed by atoms with Gasteiger partial charge in [-0.3, -0.25) is 0 Å². The third kappa shape index (κ3) is 2.01. The molecule has 3 aliphatic rings. The summed E-state index contributed by atoms with van der Waals surface area (Å²) in [7, 11) is 0. The molecule has 0 amide bonds. The van der Waals surface area contributed by atoms with Crippen molar-refractivity contribution < 1.29 is 9.47 Å². The molecule has 1 spiro atoms. The van der Waals surface area contributed by atoms with Crippen LogP contribution in [0.3, 0.4) is 0 Å². The van der Waals surface area contributed by atoms with Crippen molar-refractivity contribution in [1.82, 2.24) is 5.32 Å². The van der Waals surface area contributed by atoms with Crippen LogP contribution in [0.5, 0.6) is 0 Å². The maximum absolute atomic E-state index is 5.94. The lowest BCUT2D eigenvalue weighted by molar-refractivity contribution is -0.140. The molecule has 3 heteroatoms. The molecule has 3 nitrogen and oxygen atoms in total. The van der Waals surface area contributed by atoms with Crippen LogP contribution in [-0.2, 0) is 9.47 Å². The molecule has 16 heavy (non-hydrogen) atoms. The molecule has 1 aliphatic carbocycles. The lowest BCUT2D eigenvalue weighted by Crippen LogP contribution is -2.54. The smallest absolute Gasteiger partial charge is 0.0697 e. The van der Waals surface area contributed by atoms with E-state index in [1.54, 1.807) is 0 Å². The summed E-state index contributed by atoms with van der Waals surface area (Å²) < 4.78 is 11.2. The van der Waals surface area contributed by atoms with E-state index in [1.165, 1.54) is 32.1 Å². The molecule has 0 aromatic rings. The molecule has 3 rings (SSSR count). The molecule has 2 saturated heterocycles. The van der Waals surface area contributed by atoms with Crippen molar-refractivity contribution in [3.8, 4) is 0 Å². The van der Waals surface area contributed by atoms with Gasteiger partial charge in [0.1, 0.15) is 0 Å². The Balaban J connectivity index is 1.47. The fourth-order valence-corrected chi connectivity index (χ4v) is 3.06. The minimum absolute atomic E-state index is 0.271. The molecule has 1 saturated carbocycles. The summed E-state index contributed by atoms with van der Waals surface area (Å²) >= 11 is 0. The third-order valence-corrected chi connectivity index (χ3v) is 4.48. The molecule has 0 radical (unpaired) electrons. The standard InChI is InChI=1S/C13H23NO2/c1-12(9-15-10-12)8-14-11-3-6-16-13(7-11)4-2-5-13/h11,14H,2-10H2,1H3. The lowest BCUT2D eigenvalue weighted by Gasteiger charge is -2.48. The second-order valence-electron chi connectivity index (χ2n) is 6.26. The van der Waals surface area contributed by atoms with E-state index < -0.39 is 0 Å². The van der Waals surface area contributed by atoms with Crippen LogP contribution < -0.4 is 5.32 Å². The van der Waals surface area contributed by atoms with Crippen LogP contribution in [0.25, 0.3) is 0 Å². The van der Waals surface area contributed by atoms with E-state index in [1.807, 2.05) is 0 Å². The molecule has 92 valence electrons. The Morgan fingerprint density at radius 2 is 2.12 bits per heavy atom. The van der Waals surface area contributed by atoms with E-state index in [0.717, 1.165) is 26.4 Å². The average molecular weight is 225 g/mol. The van der Waals surface area contributed by atoms with Gasteiger partial charge in [-0.05, 0) is 32.1 Å². The molecule has 0 aromatic heterocycles. The first kappa shape index (κ1) is 11.0. The predicted octanol–water partition coefficient (Wildman–Crippen LogP) is 1.71. The van der Waals surface area contributed by atoms with Gasteiger partial charge in [0.05, 0.1) is 18.8 Å². The van der Waals surface area contributed by atoms with Crippen molar-refractivity contribution in [1.29, 1.82) is 0 Å². The predicted molar refractivity (Wildman–Crippen MR) is 62.5 cm³/mol. The number of nitrogens with one attached hydrogen (secondary N) is 1. The first-order chi connectivity index (χ1) is 7.70. The molecule has 3 fully saturated rings. The monoisotopic (exact) mass is 225 g/mol. The van der Waals surface area contributed by atoms with Crippen LogP contribution in [0.4, 0.5) is 0 Å². The van der Waals surface area contributed by atoms with Gasteiger partial charge in [-0.1, -0.05) is 6.92 Å². The highest BCUT2D eigenvalue weighted by Gasteiger charge is 2.43. The van der Waals surface area contributed by atoms with Crippen LogP contribution in [0, 0.1) is 5.41 Å². The van der Waals surface area contributed by atoms with Gasteiger partial charge < -0.3 is 14.8 Å². The second-order valence-corrected chi connectivity index (χ2v) is 6.26. The van der Waals surface area contributed by atoms with Crippen LogP contribution in [0.15, 0.2) is 0 Å². The summed E-state index contributed by atoms with van der Waals surface area (Å²) in [4.78, 5) is 0. The second kappa shape index (κ2) is 3.97. The summed E-state index contributed by atoms with van der Waals surface area (Å²) in [6, 6.07) is 0.673. The van der Waals surface area contributed by atoms with Gasteiger partial charge >= 0.3 is 0 Å². The van der Waals surface area contributed by atoms with E-state index in [9.17, 15) is 0 Å². The molecule has 1 N–H and O–H groups in total. The zero-order valence-electron chi connectivity index (χ0n) is 10.3. The van der Waals surface area contributed by atoms with Gasteiger partial charge in [0.2, 0.25) is 0 Å². The van der Waals surface area contributed by atoms with E-state index in [2.05, 4.69) is 12.2 Å². The van der Waals surface area contributed by atoms with Gasteiger partial charge in [0, 0.05) is 24.6 Å². The van der Waals surface area contributed by atoms with Crippen molar-refractivity contribution in [3.63, 3.8) is 0 Å². The van der Waals surface area contributed by atoms with Gasteiger partial charge in [-0.25, -0.2) is 0 Å². The van der Waals surface area contributed by atoms with Crippen LogP contribution in [0.2, 0.25) is 0 Å². The van der Waals surface area contributed by atoms with E-state index in [-0.39, 0.29) is 5.60 Å². The molecule has 1 atom stereocenters. The van der Waals surface area contributed by atoms with Crippen LogP contribution in [-0.4, -0.2) is 38.0 Å². The summed E-state index contributed by atoms with van der Waals surface area (Å²) in [5.41, 5.74) is 0.665.